The van der Waals surface area contributed by atoms with E-state index in [1.807, 2.05) is 0 Å². The van der Waals surface area contributed by atoms with E-state index in [0.717, 1.165) is 0 Å². The minimum absolute atomic E-state index is 0.0826. The molecule has 112 valence electrons. The van der Waals surface area contributed by atoms with Gasteiger partial charge in [0.2, 0.25) is 10.0 Å². The maximum absolute atomic E-state index is 12.3. The fourth-order valence-corrected chi connectivity index (χ4v) is 3.54. The summed E-state index contributed by atoms with van der Waals surface area (Å²) in [6, 6.07) is 2.90. The Morgan fingerprint density at radius 2 is 2.20 bits per heavy atom. The van der Waals surface area contributed by atoms with Gasteiger partial charge in [0, 0.05) is 17.3 Å². The van der Waals surface area contributed by atoms with E-state index in [1.165, 1.54) is 12.1 Å². The van der Waals surface area contributed by atoms with Crippen LogP contribution >= 0.6 is 11.6 Å². The predicted molar refractivity (Wildman–Crippen MR) is 76.3 cm³/mol. The second kappa shape index (κ2) is 6.28. The fraction of sp³-hybridized carbons (Fsp3) is 0.500. The van der Waals surface area contributed by atoms with Crippen LogP contribution in [0.15, 0.2) is 17.0 Å². The van der Waals surface area contributed by atoms with Crippen molar-refractivity contribution in [1.29, 1.82) is 0 Å². The smallest absolute Gasteiger partial charge is 0.241 e. The average Bonchev–Trinajstić information content (AvgIpc) is 2.42. The van der Waals surface area contributed by atoms with Crippen molar-refractivity contribution in [3.8, 4) is 0 Å². The Hall–Kier alpha value is -0.860. The average molecular weight is 321 g/mol. The second-order valence-corrected chi connectivity index (χ2v) is 6.71. The minimum atomic E-state index is -3.69. The zero-order chi connectivity index (χ0) is 14.8. The molecular formula is C12H17ClN2O4S. The monoisotopic (exact) mass is 320 g/mol. The first kappa shape index (κ1) is 15.5. The molecule has 20 heavy (non-hydrogen) atoms. The molecule has 0 amide bonds. The standard InChI is InChI=1S/C12H17ClN2O4S/c1-8-11(14)4-9(13)5-12(8)20(16,17)15-6-10-7-18-2-3-19-10/h4-5,10,15H,2-3,6-7,14H2,1H3. The number of nitrogens with one attached hydrogen (secondary N) is 1. The van der Waals surface area contributed by atoms with E-state index < -0.39 is 10.0 Å². The molecular weight excluding hydrogens is 304 g/mol. The van der Waals surface area contributed by atoms with Gasteiger partial charge in [0.25, 0.3) is 0 Å². The molecule has 1 aromatic carbocycles. The van der Waals surface area contributed by atoms with Crippen LogP contribution in [-0.2, 0) is 19.5 Å². The molecule has 0 saturated carbocycles. The number of halogens is 1. The molecule has 0 radical (unpaired) electrons. The Bertz CT molecular complexity index is 585. The lowest BCUT2D eigenvalue weighted by Gasteiger charge is -2.23. The van der Waals surface area contributed by atoms with Gasteiger partial charge in [-0.3, -0.25) is 0 Å². The summed E-state index contributed by atoms with van der Waals surface area (Å²) in [7, 11) is -3.69. The summed E-state index contributed by atoms with van der Waals surface area (Å²) < 4.78 is 37.6. The van der Waals surface area contributed by atoms with Crippen LogP contribution in [0.3, 0.4) is 0 Å². The van der Waals surface area contributed by atoms with Crippen molar-refractivity contribution in [2.24, 2.45) is 0 Å². The molecule has 1 aliphatic heterocycles. The Labute approximate surface area is 123 Å². The van der Waals surface area contributed by atoms with E-state index in [-0.39, 0.29) is 22.6 Å². The Morgan fingerprint density at radius 1 is 1.45 bits per heavy atom. The summed E-state index contributed by atoms with van der Waals surface area (Å²) in [4.78, 5) is 0.0826. The Balaban J connectivity index is 2.14. The highest BCUT2D eigenvalue weighted by molar-refractivity contribution is 7.89. The van der Waals surface area contributed by atoms with Crippen LogP contribution in [0.1, 0.15) is 5.56 Å². The zero-order valence-electron chi connectivity index (χ0n) is 11.1. The number of ether oxygens (including phenoxy) is 2. The van der Waals surface area contributed by atoms with E-state index in [2.05, 4.69) is 4.72 Å². The molecule has 1 unspecified atom stereocenters. The van der Waals surface area contributed by atoms with Gasteiger partial charge in [-0.25, -0.2) is 13.1 Å². The summed E-state index contributed by atoms with van der Waals surface area (Å²) in [5.74, 6) is 0. The van der Waals surface area contributed by atoms with Crippen LogP contribution in [0, 0.1) is 6.92 Å². The molecule has 1 atom stereocenters. The summed E-state index contributed by atoms with van der Waals surface area (Å²) in [5, 5.41) is 0.283. The van der Waals surface area contributed by atoms with Gasteiger partial charge in [-0.1, -0.05) is 11.6 Å². The number of rotatable bonds is 4. The predicted octanol–water partition coefficient (Wildman–Crippen LogP) is 0.924. The van der Waals surface area contributed by atoms with Gasteiger partial charge in [0.05, 0.1) is 30.8 Å². The van der Waals surface area contributed by atoms with Gasteiger partial charge in [-0.05, 0) is 24.6 Å². The SMILES string of the molecule is Cc1c(N)cc(Cl)cc1S(=O)(=O)NCC1COCCO1. The molecule has 2 rings (SSSR count). The molecule has 0 aliphatic carbocycles. The topological polar surface area (TPSA) is 90.7 Å². The normalized spacial score (nSPS) is 20.0. The third-order valence-corrected chi connectivity index (χ3v) is 4.81. The molecule has 3 N–H and O–H groups in total. The van der Waals surface area contributed by atoms with Crippen LogP contribution in [0.2, 0.25) is 5.02 Å². The van der Waals surface area contributed by atoms with Crippen LogP contribution in [0.4, 0.5) is 5.69 Å². The first-order chi connectivity index (χ1) is 9.40. The molecule has 0 aromatic heterocycles. The van der Waals surface area contributed by atoms with E-state index in [9.17, 15) is 8.42 Å². The van der Waals surface area contributed by atoms with E-state index in [4.69, 9.17) is 26.8 Å². The highest BCUT2D eigenvalue weighted by Gasteiger charge is 2.22. The largest absolute Gasteiger partial charge is 0.398 e. The van der Waals surface area contributed by atoms with Gasteiger partial charge in [-0.15, -0.1) is 0 Å². The molecule has 8 heteroatoms. The lowest BCUT2D eigenvalue weighted by Crippen LogP contribution is -2.39. The number of nitrogen functional groups attached to an aromatic ring is 1. The summed E-state index contributed by atoms with van der Waals surface area (Å²) >= 11 is 5.86. The highest BCUT2D eigenvalue weighted by Crippen LogP contribution is 2.25. The van der Waals surface area contributed by atoms with Crippen LogP contribution in [-0.4, -0.2) is 40.9 Å². The maximum Gasteiger partial charge on any atom is 0.241 e. The zero-order valence-corrected chi connectivity index (χ0v) is 12.6. The molecule has 6 nitrogen and oxygen atoms in total. The second-order valence-electron chi connectivity index (χ2n) is 4.54. The third-order valence-electron chi connectivity index (χ3n) is 3.04. The molecule has 1 saturated heterocycles. The van der Waals surface area contributed by atoms with Crippen molar-refractivity contribution in [2.75, 3.05) is 32.1 Å². The molecule has 0 spiro atoms. The van der Waals surface area contributed by atoms with Crippen molar-refractivity contribution < 1.29 is 17.9 Å². The molecule has 1 heterocycles. The Kier molecular flexibility index (Phi) is 4.87. The summed E-state index contributed by atoms with van der Waals surface area (Å²) in [6.07, 6.45) is -0.282. The van der Waals surface area contributed by atoms with E-state index >= 15 is 0 Å². The Morgan fingerprint density at radius 3 is 2.85 bits per heavy atom. The van der Waals surface area contributed by atoms with Crippen molar-refractivity contribution in [3.05, 3.63) is 22.7 Å². The lowest BCUT2D eigenvalue weighted by molar-refractivity contribution is -0.0846. The van der Waals surface area contributed by atoms with Crippen molar-refractivity contribution >= 4 is 27.3 Å². The van der Waals surface area contributed by atoms with Gasteiger partial charge in [-0.2, -0.15) is 0 Å². The number of anilines is 1. The van der Waals surface area contributed by atoms with Crippen molar-refractivity contribution in [1.82, 2.24) is 4.72 Å². The van der Waals surface area contributed by atoms with Gasteiger partial charge < -0.3 is 15.2 Å². The molecule has 0 bridgehead atoms. The van der Waals surface area contributed by atoms with Crippen molar-refractivity contribution in [3.63, 3.8) is 0 Å². The first-order valence-electron chi connectivity index (χ1n) is 6.15. The number of hydrogen-bond acceptors (Lipinski definition) is 5. The van der Waals surface area contributed by atoms with E-state index in [0.29, 0.717) is 31.1 Å². The quantitative estimate of drug-likeness (QED) is 0.805. The van der Waals surface area contributed by atoms with Crippen LogP contribution < -0.4 is 10.5 Å². The molecule has 1 aliphatic rings. The molecule has 1 aromatic rings. The number of sulfonamides is 1. The van der Waals surface area contributed by atoms with Gasteiger partial charge in [0.15, 0.2) is 0 Å². The fourth-order valence-electron chi connectivity index (χ4n) is 1.89. The third kappa shape index (κ3) is 3.62. The highest BCUT2D eigenvalue weighted by atomic mass is 35.5. The van der Waals surface area contributed by atoms with Gasteiger partial charge in [0.1, 0.15) is 0 Å². The van der Waals surface area contributed by atoms with Crippen LogP contribution in [0.5, 0.6) is 0 Å². The number of hydrogen-bond donors (Lipinski definition) is 2. The first-order valence-corrected chi connectivity index (χ1v) is 8.01. The van der Waals surface area contributed by atoms with Gasteiger partial charge >= 0.3 is 0 Å². The molecule has 1 fully saturated rings. The minimum Gasteiger partial charge on any atom is -0.398 e. The van der Waals surface area contributed by atoms with Crippen molar-refractivity contribution in [2.45, 2.75) is 17.9 Å². The van der Waals surface area contributed by atoms with E-state index in [1.54, 1.807) is 6.92 Å². The maximum atomic E-state index is 12.3. The summed E-state index contributed by atoms with van der Waals surface area (Å²) in [6.45, 7) is 3.16. The van der Waals surface area contributed by atoms with Crippen LogP contribution in [0.25, 0.3) is 0 Å². The number of nitrogens with two attached hydrogens (primary N) is 1. The summed E-state index contributed by atoms with van der Waals surface area (Å²) in [5.41, 5.74) is 6.55. The number of benzene rings is 1. The lowest BCUT2D eigenvalue weighted by atomic mass is 10.2.